The van der Waals surface area contributed by atoms with Gasteiger partial charge in [0.15, 0.2) is 0 Å². The first kappa shape index (κ1) is 14.2. The Hall–Kier alpha value is -3.40. The van der Waals surface area contributed by atoms with Crippen LogP contribution in [0.1, 0.15) is 0 Å². The molecule has 4 rings (SSSR count). The van der Waals surface area contributed by atoms with Crippen molar-refractivity contribution in [3.63, 3.8) is 0 Å². The van der Waals surface area contributed by atoms with Gasteiger partial charge in [0.05, 0.1) is 10.5 Å². The van der Waals surface area contributed by atoms with Gasteiger partial charge in [-0.25, -0.2) is 0 Å². The lowest BCUT2D eigenvalue weighted by atomic mass is 10.0. The molecule has 0 radical (unpaired) electrons. The maximum Gasteiger partial charge on any atom is 0.277 e. The minimum atomic E-state index is -0.339. The molecule has 24 heavy (non-hydrogen) atoms. The second kappa shape index (κ2) is 5.66. The van der Waals surface area contributed by atoms with E-state index in [0.717, 1.165) is 22.0 Å². The summed E-state index contributed by atoms with van der Waals surface area (Å²) in [4.78, 5) is 10.9. The lowest BCUT2D eigenvalue weighted by Gasteiger charge is -2.03. The second-order valence-electron chi connectivity index (χ2n) is 5.62. The molecule has 1 heterocycles. The third-order valence-corrected chi connectivity index (χ3v) is 4.11. The topological polar surface area (TPSA) is 48.1 Å². The van der Waals surface area contributed by atoms with Gasteiger partial charge < -0.3 is 4.57 Å². The molecular weight excluding hydrogens is 300 g/mol. The molecule has 4 heteroatoms. The molecule has 0 spiro atoms. The van der Waals surface area contributed by atoms with Gasteiger partial charge in [-0.3, -0.25) is 10.1 Å². The Bertz CT molecular complexity index is 1040. The molecule has 0 amide bonds. The number of hydrogen-bond acceptors (Lipinski definition) is 2. The number of para-hydroxylation sites is 2. The van der Waals surface area contributed by atoms with Crippen molar-refractivity contribution in [1.82, 2.24) is 4.57 Å². The summed E-state index contributed by atoms with van der Waals surface area (Å²) in [5.41, 5.74) is 2.69. The summed E-state index contributed by atoms with van der Waals surface area (Å²) >= 11 is 0. The van der Waals surface area contributed by atoms with Crippen molar-refractivity contribution < 1.29 is 4.92 Å². The zero-order valence-corrected chi connectivity index (χ0v) is 12.8. The van der Waals surface area contributed by atoms with Crippen LogP contribution in [0.2, 0.25) is 0 Å². The summed E-state index contributed by atoms with van der Waals surface area (Å²) in [6.07, 6.45) is 4.11. The van der Waals surface area contributed by atoms with Crippen LogP contribution in [0.4, 0.5) is 5.69 Å². The zero-order chi connectivity index (χ0) is 16.5. The molecule has 4 aromatic rings. The van der Waals surface area contributed by atoms with Crippen LogP contribution < -0.4 is 0 Å². The molecular formula is C20H14N2O2. The monoisotopic (exact) mass is 314 g/mol. The Morgan fingerprint density at radius 3 is 2.29 bits per heavy atom. The summed E-state index contributed by atoms with van der Waals surface area (Å²) < 4.78 is 2.06. The van der Waals surface area contributed by atoms with Gasteiger partial charge in [-0.05, 0) is 35.2 Å². The number of hydrogen-bond donors (Lipinski definition) is 0. The summed E-state index contributed by atoms with van der Waals surface area (Å²) in [6.45, 7) is 0. The molecule has 116 valence electrons. The maximum absolute atomic E-state index is 11.2. The van der Waals surface area contributed by atoms with Crippen LogP contribution in [-0.2, 0) is 0 Å². The fraction of sp³-hybridized carbons (Fsp3) is 0. The van der Waals surface area contributed by atoms with Gasteiger partial charge in [0.25, 0.3) is 5.69 Å². The van der Waals surface area contributed by atoms with Crippen LogP contribution in [0.3, 0.4) is 0 Å². The normalized spacial score (nSPS) is 10.8. The van der Waals surface area contributed by atoms with Crippen LogP contribution in [0, 0.1) is 10.1 Å². The van der Waals surface area contributed by atoms with E-state index in [4.69, 9.17) is 0 Å². The summed E-state index contributed by atoms with van der Waals surface area (Å²) in [5, 5.41) is 13.4. The highest BCUT2D eigenvalue weighted by molar-refractivity contribution is 5.89. The molecule has 0 N–H and O–H groups in total. The van der Waals surface area contributed by atoms with Crippen LogP contribution >= 0.6 is 0 Å². The van der Waals surface area contributed by atoms with Crippen molar-refractivity contribution in [3.05, 3.63) is 95.3 Å². The molecule has 0 saturated heterocycles. The maximum atomic E-state index is 11.2. The smallest absolute Gasteiger partial charge is 0.277 e. The zero-order valence-electron chi connectivity index (χ0n) is 12.8. The van der Waals surface area contributed by atoms with Crippen molar-refractivity contribution in [2.45, 2.75) is 0 Å². The van der Waals surface area contributed by atoms with Crippen LogP contribution in [0.15, 0.2) is 85.2 Å². The van der Waals surface area contributed by atoms with Gasteiger partial charge in [-0.1, -0.05) is 42.5 Å². The largest absolute Gasteiger partial charge is 0.323 e. The van der Waals surface area contributed by atoms with E-state index in [9.17, 15) is 10.1 Å². The van der Waals surface area contributed by atoms with Gasteiger partial charge in [-0.2, -0.15) is 0 Å². The van der Waals surface area contributed by atoms with E-state index in [1.807, 2.05) is 60.8 Å². The first-order valence-electron chi connectivity index (χ1n) is 7.63. The number of nitrogens with zero attached hydrogens (tertiary/aromatic N) is 2. The lowest BCUT2D eigenvalue weighted by Crippen LogP contribution is -1.91. The standard InChI is InChI=1S/C20H14N2O2/c23-22(24)20-9-5-4-8-19(20)15-10-11-16-13-21(14-17(16)12-15)18-6-2-1-3-7-18/h1-14H. The molecule has 4 nitrogen and oxygen atoms in total. The van der Waals surface area contributed by atoms with E-state index in [1.54, 1.807) is 12.1 Å². The molecule has 0 fully saturated rings. The van der Waals surface area contributed by atoms with Gasteiger partial charge >= 0.3 is 0 Å². The minimum absolute atomic E-state index is 0.124. The van der Waals surface area contributed by atoms with Crippen LogP contribution in [0.25, 0.3) is 27.6 Å². The molecule has 0 aliphatic heterocycles. The Kier molecular flexibility index (Phi) is 3.35. The summed E-state index contributed by atoms with van der Waals surface area (Å²) in [6, 6.07) is 22.8. The van der Waals surface area contributed by atoms with Crippen molar-refractivity contribution in [3.8, 4) is 16.8 Å². The fourth-order valence-corrected chi connectivity index (χ4v) is 2.93. The van der Waals surface area contributed by atoms with Gasteiger partial charge in [-0.15, -0.1) is 0 Å². The molecule has 0 saturated carbocycles. The minimum Gasteiger partial charge on any atom is -0.323 e. The van der Waals surface area contributed by atoms with Crippen molar-refractivity contribution in [1.29, 1.82) is 0 Å². The molecule has 0 unspecified atom stereocenters. The Balaban J connectivity index is 1.84. The third-order valence-electron chi connectivity index (χ3n) is 4.11. The predicted octanol–water partition coefficient (Wildman–Crippen LogP) is 5.21. The molecule has 0 aliphatic carbocycles. The van der Waals surface area contributed by atoms with E-state index in [-0.39, 0.29) is 10.6 Å². The van der Waals surface area contributed by atoms with Crippen LogP contribution in [0.5, 0.6) is 0 Å². The molecule has 3 aromatic carbocycles. The molecule has 0 bridgehead atoms. The quantitative estimate of drug-likeness (QED) is 0.385. The first-order chi connectivity index (χ1) is 11.7. The van der Waals surface area contributed by atoms with E-state index in [2.05, 4.69) is 10.8 Å². The molecule has 1 aromatic heterocycles. The predicted molar refractivity (Wildman–Crippen MR) is 95.4 cm³/mol. The number of benzene rings is 3. The third kappa shape index (κ3) is 2.44. The van der Waals surface area contributed by atoms with Crippen LogP contribution in [-0.4, -0.2) is 9.49 Å². The van der Waals surface area contributed by atoms with E-state index in [1.165, 1.54) is 6.07 Å². The summed E-state index contributed by atoms with van der Waals surface area (Å²) in [5.74, 6) is 0. The van der Waals surface area contributed by atoms with Crippen molar-refractivity contribution >= 4 is 16.5 Å². The first-order valence-corrected chi connectivity index (χ1v) is 7.63. The van der Waals surface area contributed by atoms with Gasteiger partial charge in [0, 0.05) is 29.5 Å². The highest BCUT2D eigenvalue weighted by atomic mass is 16.6. The average molecular weight is 314 g/mol. The van der Waals surface area contributed by atoms with Crippen molar-refractivity contribution in [2.24, 2.45) is 0 Å². The highest BCUT2D eigenvalue weighted by Crippen LogP contribution is 2.32. The van der Waals surface area contributed by atoms with E-state index in [0.29, 0.717) is 5.56 Å². The van der Waals surface area contributed by atoms with Gasteiger partial charge in [0.2, 0.25) is 0 Å². The molecule has 0 aliphatic rings. The Morgan fingerprint density at radius 2 is 1.50 bits per heavy atom. The molecule has 0 atom stereocenters. The lowest BCUT2D eigenvalue weighted by molar-refractivity contribution is -0.384. The fourth-order valence-electron chi connectivity index (χ4n) is 2.93. The number of aromatic nitrogens is 1. The number of rotatable bonds is 3. The Morgan fingerprint density at radius 1 is 0.792 bits per heavy atom. The number of fused-ring (bicyclic) bond motifs is 1. The second-order valence-corrected chi connectivity index (χ2v) is 5.62. The van der Waals surface area contributed by atoms with Crippen molar-refractivity contribution in [2.75, 3.05) is 0 Å². The average Bonchev–Trinajstić information content (AvgIpc) is 3.05. The van der Waals surface area contributed by atoms with Gasteiger partial charge in [0.1, 0.15) is 0 Å². The highest BCUT2D eigenvalue weighted by Gasteiger charge is 2.14. The number of nitro groups is 1. The summed E-state index contributed by atoms with van der Waals surface area (Å²) in [7, 11) is 0. The van der Waals surface area contributed by atoms with E-state index >= 15 is 0 Å². The van der Waals surface area contributed by atoms with E-state index < -0.39 is 0 Å². The SMILES string of the molecule is O=[N+]([O-])c1ccccc1-c1ccc2cn(-c3ccccc3)cc2c1. The Labute approximate surface area is 138 Å². The number of nitro benzene ring substituents is 1.